The maximum Gasteiger partial charge on any atom is 0.205 e. The molecule has 2 rings (SSSR count). The molecule has 1 fully saturated rings. The molecule has 0 aromatic carbocycles. The number of rotatable bonds is 4. The smallest absolute Gasteiger partial charge is 0.205 e. The van der Waals surface area contributed by atoms with Crippen LogP contribution < -0.4 is 4.90 Å². The van der Waals surface area contributed by atoms with Crippen molar-refractivity contribution in [1.82, 2.24) is 14.3 Å². The molecule has 4 nitrogen and oxygen atoms in total. The Hall–Kier alpha value is -0.200. The van der Waals surface area contributed by atoms with Crippen molar-refractivity contribution in [3.05, 3.63) is 5.82 Å². The van der Waals surface area contributed by atoms with Crippen LogP contribution >= 0.6 is 27.5 Å². The zero-order valence-corrected chi connectivity index (χ0v) is 11.9. The van der Waals surface area contributed by atoms with Gasteiger partial charge in [-0.1, -0.05) is 22.9 Å². The van der Waals surface area contributed by atoms with E-state index in [0.717, 1.165) is 55.4 Å². The Labute approximate surface area is 109 Å². The number of alkyl halides is 1. The molecule has 1 saturated heterocycles. The normalized spacial score (nSPS) is 18.0. The third-order valence-electron chi connectivity index (χ3n) is 2.82. The SMILES string of the molecule is CCc1nsc(N2CCN(CCBr)CC2)n1. The lowest BCUT2D eigenvalue weighted by molar-refractivity contribution is 0.274. The molecule has 0 atom stereocenters. The monoisotopic (exact) mass is 304 g/mol. The highest BCUT2D eigenvalue weighted by Gasteiger charge is 2.19. The predicted molar refractivity (Wildman–Crippen MR) is 71.7 cm³/mol. The molecule has 0 bridgehead atoms. The molecular weight excluding hydrogens is 288 g/mol. The summed E-state index contributed by atoms with van der Waals surface area (Å²) in [5, 5.41) is 2.15. The number of nitrogens with zero attached hydrogens (tertiary/aromatic N) is 4. The van der Waals surface area contributed by atoms with Crippen molar-refractivity contribution in [2.24, 2.45) is 0 Å². The highest BCUT2D eigenvalue weighted by Crippen LogP contribution is 2.19. The summed E-state index contributed by atoms with van der Waals surface area (Å²) >= 11 is 5.01. The summed E-state index contributed by atoms with van der Waals surface area (Å²) in [7, 11) is 0. The molecule has 0 aliphatic carbocycles. The Morgan fingerprint density at radius 3 is 2.62 bits per heavy atom. The molecule has 1 aliphatic rings. The molecule has 1 aromatic rings. The molecule has 90 valence electrons. The van der Waals surface area contributed by atoms with Gasteiger partial charge >= 0.3 is 0 Å². The highest BCUT2D eigenvalue weighted by molar-refractivity contribution is 9.09. The first-order valence-corrected chi connectivity index (χ1v) is 7.59. The minimum absolute atomic E-state index is 0.931. The molecule has 1 aromatic heterocycles. The van der Waals surface area contributed by atoms with Crippen molar-refractivity contribution in [1.29, 1.82) is 0 Å². The Morgan fingerprint density at radius 2 is 2.06 bits per heavy atom. The second kappa shape index (κ2) is 5.93. The van der Waals surface area contributed by atoms with E-state index in [2.05, 4.69) is 42.0 Å². The van der Waals surface area contributed by atoms with Crippen molar-refractivity contribution < 1.29 is 0 Å². The van der Waals surface area contributed by atoms with E-state index < -0.39 is 0 Å². The van der Waals surface area contributed by atoms with Crippen LogP contribution in [0.4, 0.5) is 5.13 Å². The molecule has 0 saturated carbocycles. The van der Waals surface area contributed by atoms with E-state index in [4.69, 9.17) is 0 Å². The zero-order chi connectivity index (χ0) is 11.4. The predicted octanol–water partition coefficient (Wildman–Crippen LogP) is 1.62. The summed E-state index contributed by atoms with van der Waals surface area (Å²) in [6, 6.07) is 0. The van der Waals surface area contributed by atoms with Gasteiger partial charge in [0.15, 0.2) is 0 Å². The number of aromatic nitrogens is 2. The number of piperazine rings is 1. The van der Waals surface area contributed by atoms with Crippen molar-refractivity contribution >= 4 is 32.6 Å². The van der Waals surface area contributed by atoms with E-state index in [9.17, 15) is 0 Å². The molecule has 0 radical (unpaired) electrons. The van der Waals surface area contributed by atoms with Gasteiger partial charge in [-0.15, -0.1) is 0 Å². The molecule has 6 heteroatoms. The van der Waals surface area contributed by atoms with Crippen molar-refractivity contribution in [2.45, 2.75) is 13.3 Å². The summed E-state index contributed by atoms with van der Waals surface area (Å²) in [5.41, 5.74) is 0. The standard InChI is InChI=1S/C10H17BrN4S/c1-2-9-12-10(16-13-9)15-7-5-14(4-3-11)6-8-15/h2-8H2,1H3. The van der Waals surface area contributed by atoms with Gasteiger partial charge in [-0.25, -0.2) is 4.98 Å². The summed E-state index contributed by atoms with van der Waals surface area (Å²) in [4.78, 5) is 9.36. The Morgan fingerprint density at radius 1 is 1.31 bits per heavy atom. The third kappa shape index (κ3) is 2.93. The first-order valence-electron chi connectivity index (χ1n) is 5.69. The third-order valence-corrected chi connectivity index (χ3v) is 3.99. The lowest BCUT2D eigenvalue weighted by Gasteiger charge is -2.33. The van der Waals surface area contributed by atoms with Gasteiger partial charge in [-0.3, -0.25) is 4.90 Å². The highest BCUT2D eigenvalue weighted by atomic mass is 79.9. The minimum atomic E-state index is 0.931. The fraction of sp³-hybridized carbons (Fsp3) is 0.800. The van der Waals surface area contributed by atoms with Gasteiger partial charge in [0.05, 0.1) is 0 Å². The quantitative estimate of drug-likeness (QED) is 0.791. The van der Waals surface area contributed by atoms with Crippen LogP contribution in [-0.4, -0.2) is 52.3 Å². The molecule has 16 heavy (non-hydrogen) atoms. The minimum Gasteiger partial charge on any atom is -0.344 e. The van der Waals surface area contributed by atoms with Gasteiger partial charge in [-0.2, -0.15) is 4.37 Å². The largest absolute Gasteiger partial charge is 0.344 e. The van der Waals surface area contributed by atoms with Crippen LogP contribution in [0, 0.1) is 0 Å². The molecule has 1 aliphatic heterocycles. The fourth-order valence-electron chi connectivity index (χ4n) is 1.80. The summed E-state index contributed by atoms with van der Waals surface area (Å²) in [6.07, 6.45) is 0.931. The van der Waals surface area contributed by atoms with Crippen LogP contribution in [-0.2, 0) is 6.42 Å². The summed E-state index contributed by atoms with van der Waals surface area (Å²) in [5.74, 6) is 0.975. The van der Waals surface area contributed by atoms with Crippen LogP contribution in [0.5, 0.6) is 0 Å². The van der Waals surface area contributed by atoms with Crippen LogP contribution in [0.3, 0.4) is 0 Å². The van der Waals surface area contributed by atoms with E-state index in [0.29, 0.717) is 0 Å². The first-order chi connectivity index (χ1) is 7.83. The molecule has 2 heterocycles. The van der Waals surface area contributed by atoms with Gasteiger partial charge in [0.25, 0.3) is 0 Å². The van der Waals surface area contributed by atoms with E-state index in [1.807, 2.05) is 0 Å². The molecular formula is C10H17BrN4S. The number of halogens is 1. The molecule has 0 spiro atoms. The maximum absolute atomic E-state index is 4.53. The Bertz CT molecular complexity index is 322. The van der Waals surface area contributed by atoms with Crippen LogP contribution in [0.25, 0.3) is 0 Å². The number of hydrogen-bond donors (Lipinski definition) is 0. The maximum atomic E-state index is 4.53. The van der Waals surface area contributed by atoms with Gasteiger partial charge in [0.1, 0.15) is 5.82 Å². The lowest BCUT2D eigenvalue weighted by atomic mass is 10.3. The molecule has 0 unspecified atom stereocenters. The lowest BCUT2D eigenvalue weighted by Crippen LogP contribution is -2.46. The first kappa shape index (κ1) is 12.3. The van der Waals surface area contributed by atoms with Gasteiger partial charge in [0, 0.05) is 56.0 Å². The van der Waals surface area contributed by atoms with Gasteiger partial charge in [0.2, 0.25) is 5.13 Å². The number of hydrogen-bond acceptors (Lipinski definition) is 5. The fourth-order valence-corrected chi connectivity index (χ4v) is 3.10. The molecule has 0 amide bonds. The second-order valence-electron chi connectivity index (χ2n) is 3.86. The summed E-state index contributed by atoms with van der Waals surface area (Å²) < 4.78 is 4.33. The average Bonchev–Trinajstić information content (AvgIpc) is 2.79. The summed E-state index contributed by atoms with van der Waals surface area (Å²) in [6.45, 7) is 7.65. The van der Waals surface area contributed by atoms with E-state index >= 15 is 0 Å². The van der Waals surface area contributed by atoms with Crippen LogP contribution in [0.2, 0.25) is 0 Å². The zero-order valence-electron chi connectivity index (χ0n) is 9.52. The Kier molecular flexibility index (Phi) is 4.55. The van der Waals surface area contributed by atoms with Crippen molar-refractivity contribution in [3.8, 4) is 0 Å². The van der Waals surface area contributed by atoms with Gasteiger partial charge in [-0.05, 0) is 0 Å². The molecule has 0 N–H and O–H groups in total. The van der Waals surface area contributed by atoms with Crippen LogP contribution in [0.1, 0.15) is 12.7 Å². The second-order valence-corrected chi connectivity index (χ2v) is 5.39. The Balaban J connectivity index is 1.88. The van der Waals surface area contributed by atoms with Gasteiger partial charge < -0.3 is 4.90 Å². The average molecular weight is 305 g/mol. The van der Waals surface area contributed by atoms with Crippen molar-refractivity contribution in [2.75, 3.05) is 43.0 Å². The topological polar surface area (TPSA) is 32.3 Å². The van der Waals surface area contributed by atoms with E-state index in [1.54, 1.807) is 0 Å². The number of anilines is 1. The van der Waals surface area contributed by atoms with Crippen LogP contribution in [0.15, 0.2) is 0 Å². The number of aryl methyl sites for hydroxylation is 1. The van der Waals surface area contributed by atoms with E-state index in [-0.39, 0.29) is 0 Å². The van der Waals surface area contributed by atoms with E-state index in [1.165, 1.54) is 11.5 Å². The van der Waals surface area contributed by atoms with Crippen molar-refractivity contribution in [3.63, 3.8) is 0 Å².